The van der Waals surface area contributed by atoms with Crippen molar-refractivity contribution in [1.82, 2.24) is 58.7 Å². The van der Waals surface area contributed by atoms with Crippen LogP contribution in [0.25, 0.3) is 87.8 Å². The third-order valence-electron chi connectivity index (χ3n) is 21.4. The number of nitrogens with one attached hydrogen (secondary N) is 2. The number of nitrogens with zero attached hydrogens (tertiary/aromatic N) is 10. The van der Waals surface area contributed by atoms with Crippen molar-refractivity contribution in [2.24, 2.45) is 5.92 Å². The molecule has 18 rings (SSSR count). The maximum Gasteiger partial charge on any atom is 0.416 e. The molecule has 1 aliphatic carbocycles. The van der Waals surface area contributed by atoms with Crippen LogP contribution in [0.15, 0.2) is 298 Å². The smallest absolute Gasteiger partial charge is 0.416 e. The van der Waals surface area contributed by atoms with Crippen molar-refractivity contribution in [3.8, 4) is 28.3 Å². The summed E-state index contributed by atoms with van der Waals surface area (Å²) in [4.78, 5) is 144. The molecular formula is C98H75Cl2F5N12O16. The number of aromatic nitrogens is 10. The SMILES string of the molecule is O=C(CO)c1ccc2c(=O)n(CCOc3ccccc3)cnc2c1.O=C(CO)c1ccc2c(=O)n(Cc3ccc(C(F)(F)F)cc3)c(-c3cccc4cccnc34)nc2c1.O=C(CO)c1ccc2ncn(Cc3cccc(-c4c(Cl)cccc4Cl)c3)c(=O)c2c1.O=C(NO)c1ccc2ccn(Cc3cccc(F)c3F)c(=O)c2c1.O=C(NO)c1ccc2ncn(CC3CC3)c(=O)c2c1. The number of alkyl halides is 3. The zero-order valence-corrected chi connectivity index (χ0v) is 71.2. The van der Waals surface area contributed by atoms with Gasteiger partial charge in [0.1, 0.15) is 38.0 Å². The normalized spacial score (nSPS) is 11.6. The number of Topliss-reactive ketones (excluding diaryl/α,β-unsaturated/α-hetero) is 3. The Hall–Kier alpha value is -15.6. The van der Waals surface area contributed by atoms with Gasteiger partial charge in [-0.25, -0.2) is 39.7 Å². The van der Waals surface area contributed by atoms with E-state index in [4.69, 9.17) is 53.6 Å². The molecule has 672 valence electrons. The zero-order valence-electron chi connectivity index (χ0n) is 69.7. The summed E-state index contributed by atoms with van der Waals surface area (Å²) in [6.45, 7) is -0.363. The number of fused-ring (bicyclic) bond motifs is 6. The van der Waals surface area contributed by atoms with Gasteiger partial charge in [0.15, 0.2) is 29.0 Å². The van der Waals surface area contributed by atoms with Crippen LogP contribution < -0.4 is 43.5 Å². The summed E-state index contributed by atoms with van der Waals surface area (Å²) in [7, 11) is 0. The molecule has 0 radical (unpaired) electrons. The summed E-state index contributed by atoms with van der Waals surface area (Å²) < 4.78 is 78.9. The lowest BCUT2D eigenvalue weighted by Gasteiger charge is -2.16. The van der Waals surface area contributed by atoms with Gasteiger partial charge in [-0.1, -0.05) is 126 Å². The first-order chi connectivity index (χ1) is 64.1. The highest BCUT2D eigenvalue weighted by Crippen LogP contribution is 2.36. The second-order valence-corrected chi connectivity index (χ2v) is 31.1. The van der Waals surface area contributed by atoms with E-state index in [1.54, 1.807) is 95.4 Å². The van der Waals surface area contributed by atoms with E-state index in [0.29, 0.717) is 96.0 Å². The van der Waals surface area contributed by atoms with Crippen molar-refractivity contribution >= 4 is 118 Å². The van der Waals surface area contributed by atoms with Crippen LogP contribution in [0.3, 0.4) is 0 Å². The van der Waals surface area contributed by atoms with E-state index in [0.717, 1.165) is 58.9 Å². The Bertz CT molecular complexity index is 7660. The van der Waals surface area contributed by atoms with E-state index < -0.39 is 83.5 Å². The number of carbonyl (C=O) groups excluding carboxylic acids is 5. The van der Waals surface area contributed by atoms with Crippen LogP contribution in [0, 0.1) is 17.6 Å². The van der Waals surface area contributed by atoms with Crippen LogP contribution in [0.1, 0.15) is 86.9 Å². The van der Waals surface area contributed by atoms with Gasteiger partial charge >= 0.3 is 6.18 Å². The topological polar surface area (TPSA) is 394 Å². The molecule has 0 spiro atoms. The number of hydrogen-bond acceptors (Lipinski definition) is 21. The first kappa shape index (κ1) is 93.5. The zero-order chi connectivity index (χ0) is 94.3. The lowest BCUT2D eigenvalue weighted by molar-refractivity contribution is -0.137. The number of ketones is 3. The van der Waals surface area contributed by atoms with Crippen molar-refractivity contribution < 1.29 is 76.4 Å². The molecular weight excluding hydrogens is 1770 g/mol. The van der Waals surface area contributed by atoms with Crippen LogP contribution in [0.5, 0.6) is 5.75 Å². The molecule has 35 heteroatoms. The predicted molar refractivity (Wildman–Crippen MR) is 487 cm³/mol. The Balaban J connectivity index is 0.000000136. The van der Waals surface area contributed by atoms with Crippen LogP contribution in [-0.2, 0) is 38.9 Å². The quantitative estimate of drug-likeness (QED) is 0.0143. The number of hydrogen-bond donors (Lipinski definition) is 7. The average Bonchev–Trinajstić information content (AvgIpc) is 1.51. The molecule has 0 unspecified atom stereocenters. The summed E-state index contributed by atoms with van der Waals surface area (Å²) >= 11 is 12.6. The van der Waals surface area contributed by atoms with E-state index in [1.807, 2.05) is 66.7 Å². The summed E-state index contributed by atoms with van der Waals surface area (Å²) in [6, 6.07) is 63.9. The number of pyridine rings is 2. The number of halogens is 7. The standard InChI is InChI=1S/C27H18F3N3O3.C23H16Cl2N2O3.C18H16N2O4.C17H12F2N2O3.C13H13N3O3/c28-27(29,30)19-9-6-16(7-10-19)14-33-25(21-5-1-3-17-4-2-12-31-24(17)21)32-22-13-18(23(35)15-34)8-11-20(22)26(33)36;24-18-5-2-6-19(25)22(18)16-4-1-3-14(9-16)11-27-13-26-20-8-7-15(21(29)12-28)10-17(20)23(27)30;21-11-17(22)13-6-7-15-16(10-13)19-12-20(18(15)23)8-9-24-14-4-2-1-3-5-14;18-14-3-1-2-12(15(14)19)9-21-7-6-10-4-5-11(16(22)20-24)8-13(10)17(21)23;17-12(15-19)9-3-4-11-10(5-9)13(18)16(7-14-11)6-8-1-2-8/h1-13,34H,14-15H2;1-10,13,28H,11-12H2;1-7,10,12,21H,8-9,11H2;1-8,24H,9H2,(H,20,22);3-5,7-8,19H,1-2,6H2,(H,15,17). The number of ether oxygens (including phenoxy) is 1. The summed E-state index contributed by atoms with van der Waals surface area (Å²) in [5.74, 6) is -3.17. The second-order valence-electron chi connectivity index (χ2n) is 30.2. The third kappa shape index (κ3) is 21.9. The van der Waals surface area contributed by atoms with E-state index >= 15 is 0 Å². The van der Waals surface area contributed by atoms with E-state index in [9.17, 15) is 75.0 Å². The summed E-state index contributed by atoms with van der Waals surface area (Å²) in [5.41, 5.74) is 7.78. The molecule has 17 aromatic rings. The summed E-state index contributed by atoms with van der Waals surface area (Å²) in [5, 5.41) is 48.6. The van der Waals surface area contributed by atoms with Crippen molar-refractivity contribution in [2.75, 3.05) is 26.4 Å². The molecule has 1 aliphatic rings. The van der Waals surface area contributed by atoms with Crippen LogP contribution >= 0.6 is 23.2 Å². The van der Waals surface area contributed by atoms with Gasteiger partial charge in [-0.15, -0.1) is 0 Å². The van der Waals surface area contributed by atoms with Crippen LogP contribution in [-0.4, -0.2) is 129 Å². The van der Waals surface area contributed by atoms with Gasteiger partial charge in [0, 0.05) is 84.3 Å². The minimum absolute atomic E-state index is 0.0320. The highest BCUT2D eigenvalue weighted by atomic mass is 35.5. The number of aliphatic hydroxyl groups excluding tert-OH is 3. The van der Waals surface area contributed by atoms with E-state index in [1.165, 1.54) is 128 Å². The minimum atomic E-state index is -4.47. The van der Waals surface area contributed by atoms with Gasteiger partial charge in [-0.2, -0.15) is 13.2 Å². The maximum atomic E-state index is 13.8. The van der Waals surface area contributed by atoms with Crippen molar-refractivity contribution in [3.05, 3.63) is 398 Å². The number of hydroxylamine groups is 2. The lowest BCUT2D eigenvalue weighted by Crippen LogP contribution is -2.24. The number of amides is 2. The van der Waals surface area contributed by atoms with Gasteiger partial charge < -0.3 is 24.6 Å². The fourth-order valence-corrected chi connectivity index (χ4v) is 15.0. The molecule has 11 aromatic carbocycles. The summed E-state index contributed by atoms with van der Waals surface area (Å²) in [6.07, 6.45) is 5.39. The Morgan fingerprint density at radius 2 is 1.00 bits per heavy atom. The minimum Gasteiger partial charge on any atom is -0.492 e. The average molecular weight is 1840 g/mol. The molecule has 0 aliphatic heterocycles. The lowest BCUT2D eigenvalue weighted by atomic mass is 10.0. The van der Waals surface area contributed by atoms with Gasteiger partial charge in [0.25, 0.3) is 39.6 Å². The van der Waals surface area contributed by atoms with Crippen LogP contribution in [0.4, 0.5) is 22.0 Å². The second kappa shape index (κ2) is 41.9. The van der Waals surface area contributed by atoms with Gasteiger partial charge in [0.05, 0.1) is 99.9 Å². The number of carbonyl (C=O) groups is 5. The number of para-hydroxylation sites is 2. The van der Waals surface area contributed by atoms with Gasteiger partial charge in [0.2, 0.25) is 0 Å². The van der Waals surface area contributed by atoms with E-state index in [2.05, 4.69) is 19.9 Å². The largest absolute Gasteiger partial charge is 0.492 e. The van der Waals surface area contributed by atoms with Gasteiger partial charge in [-0.3, -0.25) is 81.6 Å². The fourth-order valence-electron chi connectivity index (χ4n) is 14.3. The predicted octanol–water partition coefficient (Wildman–Crippen LogP) is 14.5. The Kier molecular flexibility index (Phi) is 29.4. The fraction of sp³-hybridized carbons (Fsp3) is 0.133. The highest BCUT2D eigenvalue weighted by molar-refractivity contribution is 6.39. The van der Waals surface area contributed by atoms with Crippen molar-refractivity contribution in [3.63, 3.8) is 0 Å². The molecule has 1 saturated carbocycles. The number of rotatable bonds is 22. The van der Waals surface area contributed by atoms with Crippen molar-refractivity contribution in [1.29, 1.82) is 0 Å². The highest BCUT2D eigenvalue weighted by Gasteiger charge is 2.31. The molecule has 7 N–H and O–H groups in total. The molecule has 28 nitrogen and oxygen atoms in total. The Labute approximate surface area is 758 Å². The van der Waals surface area contributed by atoms with E-state index in [-0.39, 0.29) is 86.2 Å². The molecule has 0 bridgehead atoms. The number of aliphatic hydroxyl groups is 3. The van der Waals surface area contributed by atoms with Crippen molar-refractivity contribution in [2.45, 2.75) is 51.7 Å². The van der Waals surface area contributed by atoms with Gasteiger partial charge in [-0.05, 0) is 180 Å². The molecule has 6 aromatic heterocycles. The first-order valence-electron chi connectivity index (χ1n) is 40.7. The Morgan fingerprint density at radius 3 is 1.65 bits per heavy atom. The number of benzene rings is 11. The molecule has 0 atom stereocenters. The molecule has 1 fully saturated rings. The first-order valence-corrected chi connectivity index (χ1v) is 41.5. The maximum absolute atomic E-state index is 13.8. The molecule has 6 heterocycles. The molecule has 133 heavy (non-hydrogen) atoms. The monoisotopic (exact) mass is 1840 g/mol. The van der Waals surface area contributed by atoms with Crippen LogP contribution in [0.2, 0.25) is 10.0 Å². The molecule has 0 saturated heterocycles. The third-order valence-corrected chi connectivity index (χ3v) is 22.1. The molecule has 2 amide bonds. The Morgan fingerprint density at radius 1 is 0.459 bits per heavy atom.